The molecular weight excluding hydrogens is 405 g/mol. The Morgan fingerprint density at radius 3 is 1.46 bits per heavy atom. The van der Waals surface area contributed by atoms with Crippen LogP contribution in [-0.4, -0.2) is 4.89 Å². The van der Waals surface area contributed by atoms with Gasteiger partial charge in [-0.25, -0.2) is 13.7 Å². The Morgan fingerprint density at radius 2 is 1.08 bits per heavy atom. The summed E-state index contributed by atoms with van der Waals surface area (Å²) >= 11 is 0. The maximum atomic E-state index is 12.5. The van der Waals surface area contributed by atoms with Crippen LogP contribution in [-0.2, 0) is 48.9 Å². The van der Waals surface area contributed by atoms with E-state index in [9.17, 15) is 18.6 Å². The molecule has 2 unspecified atom stereocenters. The Morgan fingerprint density at radius 1 is 0.692 bits per heavy atom. The summed E-state index contributed by atoms with van der Waals surface area (Å²) in [5.74, 6) is 0. The molecule has 1 aliphatic rings. The van der Waals surface area contributed by atoms with Gasteiger partial charge < -0.3 is 4.89 Å². The molecule has 0 amide bonds. The maximum absolute atomic E-state index is 12.5. The van der Waals surface area contributed by atoms with Gasteiger partial charge in [0.25, 0.3) is 0 Å². The quantitative estimate of drug-likeness (QED) is 0.658. The van der Waals surface area contributed by atoms with Crippen molar-refractivity contribution in [3.05, 3.63) is 71.8 Å². The van der Waals surface area contributed by atoms with Crippen LogP contribution in [0.15, 0.2) is 60.7 Å². The van der Waals surface area contributed by atoms with E-state index in [1.54, 1.807) is 60.7 Å². The van der Waals surface area contributed by atoms with Crippen LogP contribution in [0.4, 0.5) is 0 Å². The van der Waals surface area contributed by atoms with Crippen molar-refractivity contribution >= 4 is 23.5 Å². The summed E-state index contributed by atoms with van der Waals surface area (Å²) in [4.78, 5) is 9.57. The lowest BCUT2D eigenvalue weighted by atomic mass is 10.2. The minimum atomic E-state index is -4.97. The Balaban J connectivity index is 1.72. The molecule has 0 bridgehead atoms. The van der Waals surface area contributed by atoms with Gasteiger partial charge in [-0.15, -0.1) is 0 Å². The molecule has 2 aromatic rings. The standard InChI is InChI=1S/C14H15O9P3/c15-24(16)21-25(17,19-11-13-7-3-1-4-8-13)23-26(18,22-24)20-12-14-9-5-2-6-10-14/h1-10H,11-12H2,(H,15,16). The van der Waals surface area contributed by atoms with Gasteiger partial charge in [-0.2, -0.15) is 12.9 Å². The highest BCUT2D eigenvalue weighted by Crippen LogP contribution is 2.81. The lowest BCUT2D eigenvalue weighted by molar-refractivity contribution is 0.111. The van der Waals surface area contributed by atoms with Crippen LogP contribution in [0.25, 0.3) is 0 Å². The third-order valence-corrected chi connectivity index (χ3v) is 8.81. The highest BCUT2D eigenvalue weighted by molar-refractivity contribution is 7.75. The van der Waals surface area contributed by atoms with E-state index in [0.29, 0.717) is 11.1 Å². The van der Waals surface area contributed by atoms with E-state index < -0.39 is 23.5 Å². The molecule has 2 aromatic carbocycles. The number of hydrogen-bond acceptors (Lipinski definition) is 8. The van der Waals surface area contributed by atoms with E-state index >= 15 is 0 Å². The van der Waals surface area contributed by atoms with Crippen molar-refractivity contribution < 1.29 is 40.6 Å². The SMILES string of the molecule is O=P1(O)OP(=O)(OCc2ccccc2)OP(=O)(OCc2ccccc2)O1. The molecule has 1 saturated heterocycles. The first-order valence-corrected chi connectivity index (χ1v) is 11.7. The number of rotatable bonds is 6. The van der Waals surface area contributed by atoms with E-state index in [1.165, 1.54) is 0 Å². The molecule has 1 heterocycles. The van der Waals surface area contributed by atoms with Gasteiger partial charge in [-0.3, -0.25) is 9.05 Å². The predicted octanol–water partition coefficient (Wildman–Crippen LogP) is 4.80. The van der Waals surface area contributed by atoms with Gasteiger partial charge in [-0.05, 0) is 11.1 Å². The molecule has 140 valence electrons. The van der Waals surface area contributed by atoms with Crippen LogP contribution in [0.2, 0.25) is 0 Å². The normalized spacial score (nSPS) is 31.6. The van der Waals surface area contributed by atoms with E-state index in [-0.39, 0.29) is 13.2 Å². The largest absolute Gasteiger partial charge is 0.492 e. The minimum Gasteiger partial charge on any atom is -0.302 e. The predicted molar refractivity (Wildman–Crippen MR) is 90.8 cm³/mol. The second kappa shape index (κ2) is 7.87. The van der Waals surface area contributed by atoms with Gasteiger partial charge in [0.05, 0.1) is 13.2 Å². The van der Waals surface area contributed by atoms with E-state index in [2.05, 4.69) is 8.62 Å². The number of benzene rings is 2. The molecule has 0 saturated carbocycles. The summed E-state index contributed by atoms with van der Waals surface area (Å²) in [6.07, 6.45) is 0. The summed E-state index contributed by atoms with van der Waals surface area (Å²) in [5.41, 5.74) is 1.18. The molecule has 9 nitrogen and oxygen atoms in total. The average Bonchev–Trinajstić information content (AvgIpc) is 2.58. The zero-order chi connectivity index (χ0) is 18.7. The topological polar surface area (TPSA) is 118 Å². The lowest BCUT2D eigenvalue weighted by Gasteiger charge is -2.29. The van der Waals surface area contributed by atoms with E-state index in [4.69, 9.17) is 13.4 Å². The molecule has 1 fully saturated rings. The van der Waals surface area contributed by atoms with Gasteiger partial charge in [-0.1, -0.05) is 60.7 Å². The average molecular weight is 420 g/mol. The van der Waals surface area contributed by atoms with Crippen LogP contribution >= 0.6 is 23.5 Å². The minimum absolute atomic E-state index is 0.267. The van der Waals surface area contributed by atoms with Gasteiger partial charge in [0.15, 0.2) is 0 Å². The highest BCUT2D eigenvalue weighted by atomic mass is 31.3. The third kappa shape index (κ3) is 5.44. The van der Waals surface area contributed by atoms with Crippen LogP contribution in [0, 0.1) is 0 Å². The first-order valence-electron chi connectivity index (χ1n) is 7.31. The molecule has 0 radical (unpaired) electrons. The van der Waals surface area contributed by atoms with Gasteiger partial charge in [0.1, 0.15) is 0 Å². The monoisotopic (exact) mass is 420 g/mol. The second-order valence-corrected chi connectivity index (χ2v) is 10.3. The molecule has 12 heteroatoms. The van der Waals surface area contributed by atoms with Crippen molar-refractivity contribution in [2.24, 2.45) is 0 Å². The molecular formula is C14H15O9P3. The fraction of sp³-hybridized carbons (Fsp3) is 0.143. The van der Waals surface area contributed by atoms with Crippen LogP contribution in [0.3, 0.4) is 0 Å². The van der Waals surface area contributed by atoms with Crippen molar-refractivity contribution in [2.45, 2.75) is 13.2 Å². The van der Waals surface area contributed by atoms with Crippen molar-refractivity contribution in [3.63, 3.8) is 0 Å². The first-order chi connectivity index (χ1) is 12.3. The van der Waals surface area contributed by atoms with Crippen LogP contribution < -0.4 is 0 Å². The van der Waals surface area contributed by atoms with Gasteiger partial charge in [0, 0.05) is 0 Å². The number of phosphoric acid groups is 3. The molecule has 26 heavy (non-hydrogen) atoms. The Kier molecular flexibility index (Phi) is 5.94. The van der Waals surface area contributed by atoms with Crippen LogP contribution in [0.5, 0.6) is 0 Å². The van der Waals surface area contributed by atoms with Gasteiger partial charge >= 0.3 is 23.5 Å². The van der Waals surface area contributed by atoms with Crippen LogP contribution in [0.1, 0.15) is 11.1 Å². The molecule has 2 atom stereocenters. The molecule has 1 aliphatic heterocycles. The molecule has 3 rings (SSSR count). The van der Waals surface area contributed by atoms with Crippen molar-refractivity contribution in [3.8, 4) is 0 Å². The third-order valence-electron chi connectivity index (χ3n) is 3.07. The Bertz CT molecular complexity index is 818. The summed E-state index contributed by atoms with van der Waals surface area (Å²) < 4.78 is 60.3. The van der Waals surface area contributed by atoms with Gasteiger partial charge in [0.2, 0.25) is 0 Å². The summed E-state index contributed by atoms with van der Waals surface area (Å²) in [5, 5.41) is 0. The van der Waals surface area contributed by atoms with E-state index in [1.807, 2.05) is 0 Å². The fourth-order valence-corrected chi connectivity index (χ4v) is 7.50. The summed E-state index contributed by atoms with van der Waals surface area (Å²) in [7, 11) is -14.3. The molecule has 1 N–H and O–H groups in total. The fourth-order valence-electron chi connectivity index (χ4n) is 1.97. The summed E-state index contributed by atoms with van der Waals surface area (Å²) in [6.45, 7) is -0.534. The van der Waals surface area contributed by atoms with Crippen molar-refractivity contribution in [2.75, 3.05) is 0 Å². The lowest BCUT2D eigenvalue weighted by Crippen LogP contribution is -2.08. The van der Waals surface area contributed by atoms with Crippen molar-refractivity contribution in [1.82, 2.24) is 0 Å². The highest BCUT2D eigenvalue weighted by Gasteiger charge is 2.55. The zero-order valence-electron chi connectivity index (χ0n) is 13.2. The maximum Gasteiger partial charge on any atom is 0.492 e. The molecule has 0 spiro atoms. The van der Waals surface area contributed by atoms with E-state index in [0.717, 1.165) is 0 Å². The smallest absolute Gasteiger partial charge is 0.302 e. The summed E-state index contributed by atoms with van der Waals surface area (Å²) in [6, 6.07) is 17.0. The number of hydrogen-bond donors (Lipinski definition) is 1. The van der Waals surface area contributed by atoms with Crippen molar-refractivity contribution in [1.29, 1.82) is 0 Å². The second-order valence-electron chi connectivity index (χ2n) is 5.13. The Hall–Kier alpha value is -1.11. The molecule has 0 aromatic heterocycles. The molecule has 0 aliphatic carbocycles. The first kappa shape index (κ1) is 19.6. The zero-order valence-corrected chi connectivity index (χ0v) is 15.9. The Labute approximate surface area is 149 Å².